The van der Waals surface area contributed by atoms with Crippen LogP contribution in [0.25, 0.3) is 0 Å². The van der Waals surface area contributed by atoms with Crippen molar-refractivity contribution < 1.29 is 9.53 Å². The third-order valence-electron chi connectivity index (χ3n) is 3.50. The van der Waals surface area contributed by atoms with Gasteiger partial charge in [-0.3, -0.25) is 0 Å². The molecule has 1 saturated carbocycles. The van der Waals surface area contributed by atoms with Gasteiger partial charge in [-0.2, -0.15) is 0 Å². The van der Waals surface area contributed by atoms with E-state index in [0.717, 1.165) is 23.4 Å². The Labute approximate surface area is 112 Å². The van der Waals surface area contributed by atoms with E-state index in [1.807, 2.05) is 6.07 Å². The Kier molecular flexibility index (Phi) is 4.11. The number of carbonyl (C=O) groups is 1. The van der Waals surface area contributed by atoms with Crippen LogP contribution in [0.3, 0.4) is 0 Å². The fourth-order valence-corrected chi connectivity index (χ4v) is 3.40. The van der Waals surface area contributed by atoms with Crippen LogP contribution in [-0.2, 0) is 4.74 Å². The monoisotopic (exact) mass is 268 g/mol. The summed E-state index contributed by atoms with van der Waals surface area (Å²) < 4.78 is 4.69. The molecule has 5 heteroatoms. The van der Waals surface area contributed by atoms with E-state index in [-0.39, 0.29) is 5.97 Å². The van der Waals surface area contributed by atoms with Gasteiger partial charge < -0.3 is 15.8 Å². The predicted octanol–water partition coefficient (Wildman–Crippen LogP) is 2.97. The number of hydrogen-bond donors (Lipinski definition) is 2. The number of anilines is 2. The first-order valence-electron chi connectivity index (χ1n) is 6.31. The number of rotatable bonds is 4. The maximum Gasteiger partial charge on any atom is 0.350 e. The summed E-state index contributed by atoms with van der Waals surface area (Å²) in [5.41, 5.74) is 6.29. The van der Waals surface area contributed by atoms with Gasteiger partial charge in [0.1, 0.15) is 4.88 Å². The third-order valence-corrected chi connectivity index (χ3v) is 4.59. The van der Waals surface area contributed by atoms with Crippen LogP contribution in [0.15, 0.2) is 6.07 Å². The van der Waals surface area contributed by atoms with Crippen LogP contribution in [0.4, 0.5) is 10.7 Å². The minimum absolute atomic E-state index is 0.361. The first-order chi connectivity index (χ1) is 8.60. The highest BCUT2D eigenvalue weighted by Gasteiger charge is 2.21. The molecule has 0 aromatic carbocycles. The minimum Gasteiger partial charge on any atom is -0.465 e. The molecule has 0 amide bonds. The van der Waals surface area contributed by atoms with Gasteiger partial charge in [0, 0.05) is 6.54 Å². The summed E-state index contributed by atoms with van der Waals surface area (Å²) in [6.07, 6.45) is 3.91. The number of nitrogens with two attached hydrogens (primary N) is 1. The number of carbonyl (C=O) groups excluding carboxylic acids is 1. The lowest BCUT2D eigenvalue weighted by atomic mass is 10.1. The van der Waals surface area contributed by atoms with Crippen LogP contribution in [-0.4, -0.2) is 19.6 Å². The standard InChI is InChI=1S/C13H20N2O2S/c1-8-3-4-9(5-8)7-15-11-6-10(14)12(18-11)13(16)17-2/h6,8-9,15H,3-5,7,14H2,1-2H3. The fourth-order valence-electron chi connectivity index (χ4n) is 2.50. The molecule has 0 radical (unpaired) electrons. The second-order valence-corrected chi connectivity index (χ2v) is 6.10. The summed E-state index contributed by atoms with van der Waals surface area (Å²) in [5.74, 6) is 1.22. The third kappa shape index (κ3) is 2.96. The van der Waals surface area contributed by atoms with Crippen molar-refractivity contribution in [3.63, 3.8) is 0 Å². The lowest BCUT2D eigenvalue weighted by Crippen LogP contribution is -2.10. The van der Waals surface area contributed by atoms with Crippen molar-refractivity contribution in [1.82, 2.24) is 0 Å². The summed E-state index contributed by atoms with van der Waals surface area (Å²) in [5, 5.41) is 4.33. The molecule has 0 saturated heterocycles. The Bertz CT molecular complexity index is 431. The summed E-state index contributed by atoms with van der Waals surface area (Å²) in [4.78, 5) is 11.9. The van der Waals surface area contributed by atoms with Crippen LogP contribution in [0.1, 0.15) is 35.9 Å². The van der Waals surface area contributed by atoms with Crippen molar-refractivity contribution in [3.8, 4) is 0 Å². The van der Waals surface area contributed by atoms with E-state index in [0.29, 0.717) is 10.6 Å². The maximum atomic E-state index is 11.4. The maximum absolute atomic E-state index is 11.4. The molecule has 1 heterocycles. The van der Waals surface area contributed by atoms with Crippen LogP contribution in [0.5, 0.6) is 0 Å². The highest BCUT2D eigenvalue weighted by atomic mass is 32.1. The molecule has 3 N–H and O–H groups in total. The van der Waals surface area contributed by atoms with Gasteiger partial charge in [0.15, 0.2) is 0 Å². The number of thiophene rings is 1. The zero-order chi connectivity index (χ0) is 13.1. The molecule has 0 aliphatic heterocycles. The summed E-state index contributed by atoms with van der Waals surface area (Å²) in [6, 6.07) is 1.81. The second kappa shape index (κ2) is 5.61. The lowest BCUT2D eigenvalue weighted by molar-refractivity contribution is 0.0607. The van der Waals surface area contributed by atoms with Crippen LogP contribution >= 0.6 is 11.3 Å². The lowest BCUT2D eigenvalue weighted by Gasteiger charge is -2.10. The Balaban J connectivity index is 1.92. The molecule has 1 aromatic heterocycles. The van der Waals surface area contributed by atoms with E-state index in [2.05, 4.69) is 17.0 Å². The Morgan fingerprint density at radius 2 is 2.39 bits per heavy atom. The largest absolute Gasteiger partial charge is 0.465 e. The first-order valence-corrected chi connectivity index (χ1v) is 7.13. The van der Waals surface area contributed by atoms with Gasteiger partial charge in [0.25, 0.3) is 0 Å². The summed E-state index contributed by atoms with van der Waals surface area (Å²) in [7, 11) is 1.37. The van der Waals surface area contributed by atoms with E-state index < -0.39 is 0 Å². The highest BCUT2D eigenvalue weighted by molar-refractivity contribution is 7.18. The number of esters is 1. The average molecular weight is 268 g/mol. The Morgan fingerprint density at radius 3 is 3.00 bits per heavy atom. The van der Waals surface area contributed by atoms with Crippen molar-refractivity contribution in [2.75, 3.05) is 24.7 Å². The molecule has 0 bridgehead atoms. The number of ether oxygens (including phenoxy) is 1. The Morgan fingerprint density at radius 1 is 1.61 bits per heavy atom. The van der Waals surface area contributed by atoms with Crippen molar-refractivity contribution in [3.05, 3.63) is 10.9 Å². The van der Waals surface area contributed by atoms with E-state index in [1.54, 1.807) is 0 Å². The zero-order valence-corrected chi connectivity index (χ0v) is 11.7. The highest BCUT2D eigenvalue weighted by Crippen LogP contribution is 2.33. The normalized spacial score (nSPS) is 23.0. The molecule has 100 valence electrons. The predicted molar refractivity (Wildman–Crippen MR) is 75.1 cm³/mol. The SMILES string of the molecule is COC(=O)c1sc(NCC2CCC(C)C2)cc1N. The number of hydrogen-bond acceptors (Lipinski definition) is 5. The number of methoxy groups -OCH3 is 1. The van der Waals surface area contributed by atoms with Crippen molar-refractivity contribution >= 4 is 28.0 Å². The van der Waals surface area contributed by atoms with Crippen molar-refractivity contribution in [2.45, 2.75) is 26.2 Å². The summed E-state index contributed by atoms with van der Waals surface area (Å²) >= 11 is 1.37. The van der Waals surface area contributed by atoms with Crippen LogP contribution in [0.2, 0.25) is 0 Å². The molecule has 2 unspecified atom stereocenters. The number of nitrogens with one attached hydrogen (secondary N) is 1. The van der Waals surface area contributed by atoms with Crippen LogP contribution in [0, 0.1) is 11.8 Å². The van der Waals surface area contributed by atoms with Gasteiger partial charge in [-0.25, -0.2) is 4.79 Å². The van der Waals surface area contributed by atoms with Gasteiger partial charge in [-0.1, -0.05) is 13.3 Å². The van der Waals surface area contributed by atoms with E-state index in [1.165, 1.54) is 37.7 Å². The Hall–Kier alpha value is -1.23. The minimum atomic E-state index is -0.361. The average Bonchev–Trinajstić information content (AvgIpc) is 2.92. The van der Waals surface area contributed by atoms with Gasteiger partial charge in [0.2, 0.25) is 0 Å². The smallest absolute Gasteiger partial charge is 0.350 e. The molecule has 2 atom stereocenters. The molecule has 1 fully saturated rings. The van der Waals surface area contributed by atoms with Crippen molar-refractivity contribution in [1.29, 1.82) is 0 Å². The molecule has 4 nitrogen and oxygen atoms in total. The van der Waals surface area contributed by atoms with Crippen LogP contribution < -0.4 is 11.1 Å². The fraction of sp³-hybridized carbons (Fsp3) is 0.615. The van der Waals surface area contributed by atoms with E-state index in [9.17, 15) is 4.79 Å². The van der Waals surface area contributed by atoms with Gasteiger partial charge in [-0.05, 0) is 30.7 Å². The summed E-state index contributed by atoms with van der Waals surface area (Å²) in [6.45, 7) is 3.27. The van der Waals surface area contributed by atoms with Gasteiger partial charge in [0.05, 0.1) is 17.8 Å². The quantitative estimate of drug-likeness (QED) is 0.824. The molecular weight excluding hydrogens is 248 g/mol. The van der Waals surface area contributed by atoms with Gasteiger partial charge >= 0.3 is 5.97 Å². The molecular formula is C13H20N2O2S. The topological polar surface area (TPSA) is 64.3 Å². The van der Waals surface area contributed by atoms with Gasteiger partial charge in [-0.15, -0.1) is 11.3 Å². The zero-order valence-electron chi connectivity index (χ0n) is 10.9. The molecule has 1 aliphatic rings. The molecule has 0 spiro atoms. The number of nitrogen functional groups attached to an aromatic ring is 1. The molecule has 1 aromatic rings. The van der Waals surface area contributed by atoms with Crippen molar-refractivity contribution in [2.24, 2.45) is 11.8 Å². The second-order valence-electron chi connectivity index (χ2n) is 5.05. The van der Waals surface area contributed by atoms with E-state index in [4.69, 9.17) is 5.73 Å². The molecule has 2 rings (SSSR count). The van der Waals surface area contributed by atoms with E-state index >= 15 is 0 Å². The molecule has 1 aliphatic carbocycles. The first kappa shape index (κ1) is 13.2. The molecule has 18 heavy (non-hydrogen) atoms.